The zero-order chi connectivity index (χ0) is 8.93. The molecule has 0 aromatic heterocycles. The van der Waals surface area contributed by atoms with Crippen LogP contribution in [0.1, 0.15) is 20.3 Å². The van der Waals surface area contributed by atoms with Gasteiger partial charge in [0, 0.05) is 24.7 Å². The van der Waals surface area contributed by atoms with E-state index in [1.165, 1.54) is 19.5 Å². The predicted octanol–water partition coefficient (Wildman–Crippen LogP) is 1.03. The van der Waals surface area contributed by atoms with Crippen LogP contribution < -0.4 is 0 Å². The molecule has 2 bridgehead atoms. The predicted molar refractivity (Wildman–Crippen MR) is 51.2 cm³/mol. The zero-order valence-corrected chi connectivity index (χ0v) is 8.67. The highest BCUT2D eigenvalue weighted by Crippen LogP contribution is 2.42. The van der Waals surface area contributed by atoms with Crippen LogP contribution in [-0.4, -0.2) is 48.6 Å². The average Bonchev–Trinajstić information content (AvgIpc) is 2.43. The van der Waals surface area contributed by atoms with Crippen molar-refractivity contribution in [2.45, 2.75) is 31.8 Å². The van der Waals surface area contributed by atoms with Gasteiger partial charge in [0.15, 0.2) is 0 Å². The van der Waals surface area contributed by atoms with Crippen LogP contribution in [-0.2, 0) is 0 Å². The average molecular weight is 168 g/mol. The van der Waals surface area contributed by atoms with Crippen molar-refractivity contribution >= 4 is 0 Å². The van der Waals surface area contributed by atoms with Crippen LogP contribution >= 0.6 is 0 Å². The van der Waals surface area contributed by atoms with Crippen molar-refractivity contribution in [1.29, 1.82) is 0 Å². The molecule has 70 valence electrons. The standard InChI is InChI=1S/C10H20N2/c1-8(2)10-5-9(6-12(10)4)11(3)7-10/h8-9H,5-7H2,1-4H3/t9-,10+/m1/s1. The molecule has 0 aliphatic carbocycles. The van der Waals surface area contributed by atoms with E-state index in [0.717, 1.165) is 12.0 Å². The Balaban J connectivity index is 2.24. The molecule has 0 spiro atoms. The Hall–Kier alpha value is -0.0800. The highest BCUT2D eigenvalue weighted by Gasteiger charge is 2.53. The molecule has 0 saturated carbocycles. The smallest absolute Gasteiger partial charge is 0.0372 e. The SMILES string of the molecule is CC(C)[C@@]12C[C@H](CN1C)N(C)C2. The third-order valence-electron chi connectivity index (χ3n) is 4.06. The van der Waals surface area contributed by atoms with Crippen molar-refractivity contribution in [3.05, 3.63) is 0 Å². The van der Waals surface area contributed by atoms with Gasteiger partial charge in [0.1, 0.15) is 0 Å². The van der Waals surface area contributed by atoms with Crippen LogP contribution in [0.3, 0.4) is 0 Å². The third kappa shape index (κ3) is 0.882. The van der Waals surface area contributed by atoms with Crippen LogP contribution in [0.5, 0.6) is 0 Å². The van der Waals surface area contributed by atoms with Crippen LogP contribution in [0.25, 0.3) is 0 Å². The number of piperazine rings is 1. The number of hydrogen-bond donors (Lipinski definition) is 0. The topological polar surface area (TPSA) is 6.48 Å². The molecule has 2 heterocycles. The van der Waals surface area contributed by atoms with E-state index < -0.39 is 0 Å². The van der Waals surface area contributed by atoms with Crippen LogP contribution in [0.15, 0.2) is 0 Å². The lowest BCUT2D eigenvalue weighted by Gasteiger charge is -2.41. The van der Waals surface area contributed by atoms with E-state index in [0.29, 0.717) is 5.54 Å². The van der Waals surface area contributed by atoms with Gasteiger partial charge in [0.05, 0.1) is 0 Å². The minimum atomic E-state index is 0.499. The molecule has 0 amide bonds. The van der Waals surface area contributed by atoms with E-state index in [2.05, 4.69) is 37.7 Å². The van der Waals surface area contributed by atoms with Crippen LogP contribution in [0.4, 0.5) is 0 Å². The lowest BCUT2D eigenvalue weighted by Crippen LogP contribution is -2.53. The molecule has 2 atom stereocenters. The molecule has 2 aliphatic heterocycles. The summed E-state index contributed by atoms with van der Waals surface area (Å²) in [6, 6.07) is 0.831. The van der Waals surface area contributed by atoms with Gasteiger partial charge in [0.2, 0.25) is 0 Å². The Labute approximate surface area is 75.5 Å². The molecular formula is C10H20N2. The van der Waals surface area contributed by atoms with E-state index >= 15 is 0 Å². The van der Waals surface area contributed by atoms with Crippen LogP contribution in [0.2, 0.25) is 0 Å². The number of nitrogens with zero attached hydrogens (tertiary/aromatic N) is 2. The first-order valence-corrected chi connectivity index (χ1v) is 4.98. The van der Waals surface area contributed by atoms with Crippen LogP contribution in [0, 0.1) is 5.92 Å². The lowest BCUT2D eigenvalue weighted by atomic mass is 9.86. The molecule has 0 unspecified atom stereocenters. The normalized spacial score (nSPS) is 43.2. The number of fused-ring (bicyclic) bond motifs is 2. The van der Waals surface area contributed by atoms with Crippen molar-refractivity contribution in [2.24, 2.45) is 5.92 Å². The summed E-state index contributed by atoms with van der Waals surface area (Å²) in [6.07, 6.45) is 1.39. The number of rotatable bonds is 1. The zero-order valence-electron chi connectivity index (χ0n) is 8.67. The highest BCUT2D eigenvalue weighted by molar-refractivity contribution is 5.10. The van der Waals surface area contributed by atoms with Gasteiger partial charge in [-0.25, -0.2) is 0 Å². The Morgan fingerprint density at radius 1 is 1.33 bits per heavy atom. The molecule has 2 saturated heterocycles. The molecule has 0 aromatic rings. The fraction of sp³-hybridized carbons (Fsp3) is 1.00. The number of likely N-dealkylation sites (tertiary alicyclic amines) is 2. The first-order valence-electron chi connectivity index (χ1n) is 4.98. The Bertz CT molecular complexity index is 186. The maximum Gasteiger partial charge on any atom is 0.0372 e. The van der Waals surface area contributed by atoms with Gasteiger partial charge in [-0.05, 0) is 26.4 Å². The summed E-state index contributed by atoms with van der Waals surface area (Å²) in [5, 5.41) is 0. The van der Waals surface area contributed by atoms with Crippen molar-refractivity contribution in [3.63, 3.8) is 0 Å². The van der Waals surface area contributed by atoms with Crippen molar-refractivity contribution in [2.75, 3.05) is 27.2 Å². The van der Waals surface area contributed by atoms with Gasteiger partial charge in [-0.2, -0.15) is 0 Å². The fourth-order valence-corrected chi connectivity index (χ4v) is 3.03. The highest BCUT2D eigenvalue weighted by atomic mass is 15.4. The second kappa shape index (κ2) is 2.46. The quantitative estimate of drug-likeness (QED) is 0.577. The van der Waals surface area contributed by atoms with Gasteiger partial charge in [-0.1, -0.05) is 13.8 Å². The maximum absolute atomic E-state index is 2.57. The molecule has 2 rings (SSSR count). The first kappa shape index (κ1) is 8.52. The van der Waals surface area contributed by atoms with Gasteiger partial charge >= 0.3 is 0 Å². The van der Waals surface area contributed by atoms with Gasteiger partial charge in [-0.15, -0.1) is 0 Å². The minimum Gasteiger partial charge on any atom is -0.300 e. The van der Waals surface area contributed by atoms with Gasteiger partial charge in [-0.3, -0.25) is 4.90 Å². The summed E-state index contributed by atoms with van der Waals surface area (Å²) < 4.78 is 0. The van der Waals surface area contributed by atoms with Crippen molar-refractivity contribution in [1.82, 2.24) is 9.80 Å². The van der Waals surface area contributed by atoms with E-state index in [1.54, 1.807) is 0 Å². The summed E-state index contributed by atoms with van der Waals surface area (Å²) >= 11 is 0. The second-order valence-corrected chi connectivity index (χ2v) is 4.91. The molecule has 12 heavy (non-hydrogen) atoms. The summed E-state index contributed by atoms with van der Waals surface area (Å²) in [7, 11) is 4.55. The van der Waals surface area contributed by atoms with Gasteiger partial charge in [0.25, 0.3) is 0 Å². The second-order valence-electron chi connectivity index (χ2n) is 4.91. The molecule has 2 fully saturated rings. The fourth-order valence-electron chi connectivity index (χ4n) is 3.03. The van der Waals surface area contributed by atoms with Crippen molar-refractivity contribution < 1.29 is 0 Å². The molecule has 2 heteroatoms. The van der Waals surface area contributed by atoms with Crippen molar-refractivity contribution in [3.8, 4) is 0 Å². The molecular weight excluding hydrogens is 148 g/mol. The maximum atomic E-state index is 2.57. The molecule has 2 nitrogen and oxygen atoms in total. The van der Waals surface area contributed by atoms with E-state index in [1.807, 2.05) is 0 Å². The Morgan fingerprint density at radius 2 is 2.00 bits per heavy atom. The van der Waals surface area contributed by atoms with E-state index in [9.17, 15) is 0 Å². The largest absolute Gasteiger partial charge is 0.300 e. The Kier molecular flexibility index (Phi) is 1.74. The molecule has 0 radical (unpaired) electrons. The number of hydrogen-bond acceptors (Lipinski definition) is 2. The first-order chi connectivity index (χ1) is 5.56. The Morgan fingerprint density at radius 3 is 2.33 bits per heavy atom. The summed E-state index contributed by atoms with van der Waals surface area (Å²) in [5.74, 6) is 0.789. The molecule has 0 N–H and O–H groups in total. The van der Waals surface area contributed by atoms with Gasteiger partial charge < -0.3 is 4.90 Å². The molecule has 2 aliphatic rings. The minimum absolute atomic E-state index is 0.499. The number of likely N-dealkylation sites (N-methyl/N-ethyl adjacent to an activating group) is 2. The third-order valence-corrected chi connectivity index (χ3v) is 4.06. The molecule has 0 aromatic carbocycles. The summed E-state index contributed by atoms with van der Waals surface area (Å²) in [4.78, 5) is 5.10. The van der Waals surface area contributed by atoms with E-state index in [4.69, 9.17) is 0 Å². The summed E-state index contributed by atoms with van der Waals surface area (Å²) in [6.45, 7) is 7.26. The lowest BCUT2D eigenvalue weighted by molar-refractivity contribution is 0.0678. The summed E-state index contributed by atoms with van der Waals surface area (Å²) in [5.41, 5.74) is 0.499. The van der Waals surface area contributed by atoms with E-state index in [-0.39, 0.29) is 0 Å². The monoisotopic (exact) mass is 168 g/mol.